The Bertz CT molecular complexity index is 661. The van der Waals surface area contributed by atoms with Gasteiger partial charge in [0.2, 0.25) is 5.91 Å². The summed E-state index contributed by atoms with van der Waals surface area (Å²) in [5.41, 5.74) is 3.20. The highest BCUT2D eigenvalue weighted by atomic mass is 16.5. The van der Waals surface area contributed by atoms with Crippen LogP contribution in [-0.2, 0) is 4.79 Å². The van der Waals surface area contributed by atoms with Crippen molar-refractivity contribution in [1.82, 2.24) is 10.2 Å². The third-order valence-electron chi connectivity index (χ3n) is 4.04. The van der Waals surface area contributed by atoms with Crippen LogP contribution in [0.15, 0.2) is 24.3 Å². The molecule has 0 aliphatic carbocycles. The van der Waals surface area contributed by atoms with Gasteiger partial charge in [-0.05, 0) is 31.0 Å². The molecule has 0 spiro atoms. The molecule has 22 heavy (non-hydrogen) atoms. The highest BCUT2D eigenvalue weighted by Gasteiger charge is 2.30. The molecule has 1 amide bonds. The van der Waals surface area contributed by atoms with Crippen LogP contribution in [-0.4, -0.2) is 22.7 Å². The highest BCUT2D eigenvalue weighted by molar-refractivity contribution is 5.94. The third kappa shape index (κ3) is 2.84. The lowest BCUT2D eigenvalue weighted by Gasteiger charge is -2.23. The van der Waals surface area contributed by atoms with Crippen LogP contribution in [0, 0.1) is 6.92 Å². The van der Waals surface area contributed by atoms with Crippen molar-refractivity contribution < 1.29 is 9.53 Å². The number of aromatic amines is 1. The number of aromatic nitrogens is 2. The molecule has 2 heterocycles. The number of anilines is 1. The molecule has 0 bridgehead atoms. The van der Waals surface area contributed by atoms with Crippen molar-refractivity contribution in [2.75, 3.05) is 11.9 Å². The Morgan fingerprint density at radius 1 is 1.32 bits per heavy atom. The standard InChI is InChI=1S/C17H21N3O2/c1-3-4-9-22-13-7-5-12(6-8-13)14-10-15(21)18-17-16(14)11(2)19-20-17/h5-8,14H,3-4,9-10H2,1-2H3,(H2,18,19,20,21)/t14-/m0/s1. The van der Waals surface area contributed by atoms with Crippen LogP contribution in [0.1, 0.15) is 48.9 Å². The number of fused-ring (bicyclic) bond motifs is 1. The molecule has 2 N–H and O–H groups in total. The second kappa shape index (κ2) is 6.22. The lowest BCUT2D eigenvalue weighted by molar-refractivity contribution is -0.116. The number of nitrogens with one attached hydrogen (secondary N) is 2. The molecule has 1 aliphatic heterocycles. The maximum atomic E-state index is 11.9. The average Bonchev–Trinajstić information content (AvgIpc) is 2.89. The van der Waals surface area contributed by atoms with E-state index in [-0.39, 0.29) is 11.8 Å². The quantitative estimate of drug-likeness (QED) is 0.832. The first-order valence-electron chi connectivity index (χ1n) is 7.76. The molecule has 1 aromatic carbocycles. The lowest BCUT2D eigenvalue weighted by Crippen LogP contribution is -2.23. The summed E-state index contributed by atoms with van der Waals surface area (Å²) >= 11 is 0. The number of hydrogen-bond donors (Lipinski definition) is 2. The van der Waals surface area contributed by atoms with Gasteiger partial charge in [0, 0.05) is 23.6 Å². The van der Waals surface area contributed by atoms with Crippen LogP contribution in [0.3, 0.4) is 0 Å². The van der Waals surface area contributed by atoms with Crippen molar-refractivity contribution in [1.29, 1.82) is 0 Å². The van der Waals surface area contributed by atoms with Crippen molar-refractivity contribution in [2.24, 2.45) is 0 Å². The molecular weight excluding hydrogens is 278 g/mol. The number of carbonyl (C=O) groups is 1. The van der Waals surface area contributed by atoms with Gasteiger partial charge < -0.3 is 10.1 Å². The number of unbranched alkanes of at least 4 members (excludes halogenated alkanes) is 1. The first-order valence-corrected chi connectivity index (χ1v) is 7.76. The van der Waals surface area contributed by atoms with Crippen molar-refractivity contribution in [3.8, 4) is 5.75 Å². The molecule has 0 saturated heterocycles. The number of aryl methyl sites for hydroxylation is 1. The summed E-state index contributed by atoms with van der Waals surface area (Å²) < 4.78 is 5.69. The fourth-order valence-corrected chi connectivity index (χ4v) is 2.85. The first-order chi connectivity index (χ1) is 10.7. The molecule has 5 heteroatoms. The van der Waals surface area contributed by atoms with Crippen molar-refractivity contribution >= 4 is 11.7 Å². The predicted molar refractivity (Wildman–Crippen MR) is 85.3 cm³/mol. The Balaban J connectivity index is 1.82. The van der Waals surface area contributed by atoms with Gasteiger partial charge in [-0.15, -0.1) is 0 Å². The summed E-state index contributed by atoms with van der Waals surface area (Å²) in [6, 6.07) is 8.04. The minimum Gasteiger partial charge on any atom is -0.494 e. The smallest absolute Gasteiger partial charge is 0.226 e. The van der Waals surface area contributed by atoms with E-state index >= 15 is 0 Å². The Kier molecular flexibility index (Phi) is 4.13. The number of carbonyl (C=O) groups excluding carboxylic acids is 1. The van der Waals surface area contributed by atoms with Crippen LogP contribution in [0.2, 0.25) is 0 Å². The van der Waals surface area contributed by atoms with E-state index in [9.17, 15) is 4.79 Å². The molecular formula is C17H21N3O2. The van der Waals surface area contributed by atoms with Gasteiger partial charge in [-0.2, -0.15) is 5.10 Å². The van der Waals surface area contributed by atoms with Gasteiger partial charge in [0.1, 0.15) is 5.75 Å². The fraction of sp³-hybridized carbons (Fsp3) is 0.412. The normalized spacial score (nSPS) is 17.0. The summed E-state index contributed by atoms with van der Waals surface area (Å²) in [6.45, 7) is 4.87. The molecule has 1 aromatic heterocycles. The van der Waals surface area contributed by atoms with E-state index in [2.05, 4.69) is 22.4 Å². The predicted octanol–water partition coefficient (Wildman–Crippen LogP) is 3.37. The second-order valence-electron chi connectivity index (χ2n) is 5.69. The van der Waals surface area contributed by atoms with Crippen LogP contribution < -0.4 is 10.1 Å². The lowest BCUT2D eigenvalue weighted by atomic mass is 9.86. The Hall–Kier alpha value is -2.30. The number of benzene rings is 1. The summed E-state index contributed by atoms with van der Waals surface area (Å²) in [6.07, 6.45) is 2.63. The van der Waals surface area contributed by atoms with Crippen molar-refractivity contribution in [3.63, 3.8) is 0 Å². The Labute approximate surface area is 130 Å². The van der Waals surface area contributed by atoms with Gasteiger partial charge in [0.15, 0.2) is 5.82 Å². The molecule has 2 aromatic rings. The SMILES string of the molecule is CCCCOc1ccc([C@@H]2CC(=O)Nc3n[nH]c(C)c32)cc1. The van der Waals surface area contributed by atoms with E-state index in [0.29, 0.717) is 12.2 Å². The number of hydrogen-bond acceptors (Lipinski definition) is 3. The van der Waals surface area contributed by atoms with E-state index in [1.807, 2.05) is 31.2 Å². The maximum Gasteiger partial charge on any atom is 0.226 e. The topological polar surface area (TPSA) is 67.0 Å². The summed E-state index contributed by atoms with van der Waals surface area (Å²) in [4.78, 5) is 11.9. The highest BCUT2D eigenvalue weighted by Crippen LogP contribution is 2.38. The second-order valence-corrected chi connectivity index (χ2v) is 5.69. The molecule has 0 fully saturated rings. The molecule has 0 saturated carbocycles. The van der Waals surface area contributed by atoms with Gasteiger partial charge in [0.05, 0.1) is 6.61 Å². The third-order valence-corrected chi connectivity index (χ3v) is 4.04. The molecule has 1 aliphatic rings. The minimum atomic E-state index is 0.00673. The van der Waals surface area contributed by atoms with Crippen LogP contribution in [0.4, 0.5) is 5.82 Å². The van der Waals surface area contributed by atoms with Gasteiger partial charge >= 0.3 is 0 Å². The van der Waals surface area contributed by atoms with E-state index < -0.39 is 0 Å². The van der Waals surface area contributed by atoms with Crippen LogP contribution >= 0.6 is 0 Å². The molecule has 116 valence electrons. The number of rotatable bonds is 5. The van der Waals surface area contributed by atoms with Crippen molar-refractivity contribution in [2.45, 2.75) is 39.0 Å². The molecule has 0 unspecified atom stereocenters. The van der Waals surface area contributed by atoms with Gasteiger partial charge in [0.25, 0.3) is 0 Å². The molecule has 5 nitrogen and oxygen atoms in total. The number of nitrogens with zero attached hydrogens (tertiary/aromatic N) is 1. The summed E-state index contributed by atoms with van der Waals surface area (Å²) in [7, 11) is 0. The van der Waals surface area contributed by atoms with Gasteiger partial charge in [-0.3, -0.25) is 9.89 Å². The zero-order valence-electron chi connectivity index (χ0n) is 13.0. The Morgan fingerprint density at radius 2 is 2.09 bits per heavy atom. The van der Waals surface area contributed by atoms with E-state index in [1.54, 1.807) is 0 Å². The van der Waals surface area contributed by atoms with Crippen LogP contribution in [0.25, 0.3) is 0 Å². The zero-order chi connectivity index (χ0) is 15.5. The monoisotopic (exact) mass is 299 g/mol. The number of H-pyrrole nitrogens is 1. The maximum absolute atomic E-state index is 11.9. The van der Waals surface area contributed by atoms with E-state index in [0.717, 1.165) is 42.0 Å². The average molecular weight is 299 g/mol. The van der Waals surface area contributed by atoms with Gasteiger partial charge in [-0.25, -0.2) is 0 Å². The molecule has 0 radical (unpaired) electrons. The summed E-state index contributed by atoms with van der Waals surface area (Å²) in [5.74, 6) is 1.59. The molecule has 3 rings (SSSR count). The summed E-state index contributed by atoms with van der Waals surface area (Å²) in [5, 5.41) is 9.94. The van der Waals surface area contributed by atoms with E-state index in [4.69, 9.17) is 4.74 Å². The number of ether oxygens (including phenoxy) is 1. The Morgan fingerprint density at radius 3 is 2.82 bits per heavy atom. The van der Waals surface area contributed by atoms with E-state index in [1.165, 1.54) is 0 Å². The minimum absolute atomic E-state index is 0.00673. The largest absolute Gasteiger partial charge is 0.494 e. The van der Waals surface area contributed by atoms with Gasteiger partial charge in [-0.1, -0.05) is 25.5 Å². The molecule has 1 atom stereocenters. The fourth-order valence-electron chi connectivity index (χ4n) is 2.85. The zero-order valence-corrected chi connectivity index (χ0v) is 13.0. The first kappa shape index (κ1) is 14.6. The van der Waals surface area contributed by atoms with Crippen molar-refractivity contribution in [3.05, 3.63) is 41.1 Å². The number of amides is 1. The van der Waals surface area contributed by atoms with Crippen LogP contribution in [0.5, 0.6) is 5.75 Å².